The number of methoxy groups -OCH3 is 1. The molecular formula is C13H9ClFNO2. The summed E-state index contributed by atoms with van der Waals surface area (Å²) in [7, 11) is 1.30. The SMILES string of the molecule is COC(=O)c1ccnc(-c2ccc(Cl)c(F)c2)c1. The Labute approximate surface area is 108 Å². The first-order chi connectivity index (χ1) is 8.61. The Balaban J connectivity index is 2.44. The quantitative estimate of drug-likeness (QED) is 0.782. The van der Waals surface area contributed by atoms with E-state index in [9.17, 15) is 9.18 Å². The summed E-state index contributed by atoms with van der Waals surface area (Å²) >= 11 is 5.60. The summed E-state index contributed by atoms with van der Waals surface area (Å²) in [6.07, 6.45) is 1.47. The van der Waals surface area contributed by atoms with Crippen molar-refractivity contribution in [3.8, 4) is 11.3 Å². The summed E-state index contributed by atoms with van der Waals surface area (Å²) in [4.78, 5) is 15.5. The highest BCUT2D eigenvalue weighted by molar-refractivity contribution is 6.30. The first-order valence-electron chi connectivity index (χ1n) is 5.11. The molecule has 0 saturated heterocycles. The standard InChI is InChI=1S/C13H9ClFNO2/c1-18-13(17)9-4-5-16-12(7-9)8-2-3-10(14)11(15)6-8/h2-7H,1H3. The van der Waals surface area contributed by atoms with E-state index >= 15 is 0 Å². The molecule has 1 aromatic heterocycles. The van der Waals surface area contributed by atoms with E-state index in [4.69, 9.17) is 11.6 Å². The molecule has 92 valence electrons. The molecule has 0 amide bonds. The minimum Gasteiger partial charge on any atom is -0.465 e. The maximum absolute atomic E-state index is 13.3. The number of pyridine rings is 1. The normalized spacial score (nSPS) is 10.2. The van der Waals surface area contributed by atoms with Crippen molar-refractivity contribution in [1.82, 2.24) is 4.98 Å². The lowest BCUT2D eigenvalue weighted by Gasteiger charge is -2.04. The average Bonchev–Trinajstić information content (AvgIpc) is 2.41. The number of carbonyl (C=O) groups excluding carboxylic acids is 1. The summed E-state index contributed by atoms with van der Waals surface area (Å²) in [5.41, 5.74) is 1.38. The van der Waals surface area contributed by atoms with Crippen molar-refractivity contribution in [2.24, 2.45) is 0 Å². The first kappa shape index (κ1) is 12.5. The van der Waals surface area contributed by atoms with Gasteiger partial charge in [0.2, 0.25) is 0 Å². The Morgan fingerprint density at radius 3 is 2.78 bits per heavy atom. The van der Waals surface area contributed by atoms with E-state index in [1.165, 1.54) is 37.6 Å². The topological polar surface area (TPSA) is 39.2 Å². The van der Waals surface area contributed by atoms with Crippen molar-refractivity contribution in [3.63, 3.8) is 0 Å². The third-order valence-electron chi connectivity index (χ3n) is 2.40. The fourth-order valence-corrected chi connectivity index (χ4v) is 1.61. The van der Waals surface area contributed by atoms with Gasteiger partial charge in [-0.2, -0.15) is 0 Å². The molecule has 5 heteroatoms. The van der Waals surface area contributed by atoms with E-state index in [-0.39, 0.29) is 5.02 Å². The zero-order valence-electron chi connectivity index (χ0n) is 9.48. The third kappa shape index (κ3) is 2.49. The molecule has 0 N–H and O–H groups in total. The van der Waals surface area contributed by atoms with Gasteiger partial charge in [0.15, 0.2) is 0 Å². The summed E-state index contributed by atoms with van der Waals surface area (Å²) in [6.45, 7) is 0. The van der Waals surface area contributed by atoms with Gasteiger partial charge in [0.05, 0.1) is 23.4 Å². The Hall–Kier alpha value is -1.94. The van der Waals surface area contributed by atoms with Crippen molar-refractivity contribution >= 4 is 17.6 Å². The number of rotatable bonds is 2. The number of nitrogens with zero attached hydrogens (tertiary/aromatic N) is 1. The molecule has 1 heterocycles. The van der Waals surface area contributed by atoms with E-state index in [1.54, 1.807) is 6.07 Å². The van der Waals surface area contributed by atoms with Gasteiger partial charge in [0.25, 0.3) is 0 Å². The van der Waals surface area contributed by atoms with Crippen LogP contribution in [0.15, 0.2) is 36.5 Å². The lowest BCUT2D eigenvalue weighted by Crippen LogP contribution is -2.01. The maximum atomic E-state index is 13.3. The molecule has 0 aliphatic carbocycles. The van der Waals surface area contributed by atoms with Crippen LogP contribution in [0.25, 0.3) is 11.3 Å². The van der Waals surface area contributed by atoms with E-state index in [2.05, 4.69) is 9.72 Å². The fourth-order valence-electron chi connectivity index (χ4n) is 1.49. The van der Waals surface area contributed by atoms with Gasteiger partial charge < -0.3 is 4.74 Å². The molecule has 18 heavy (non-hydrogen) atoms. The number of benzene rings is 1. The predicted octanol–water partition coefficient (Wildman–Crippen LogP) is 3.33. The average molecular weight is 266 g/mol. The van der Waals surface area contributed by atoms with Crippen LogP contribution in [0, 0.1) is 5.82 Å². The number of hydrogen-bond donors (Lipinski definition) is 0. The second-order valence-electron chi connectivity index (χ2n) is 3.55. The Morgan fingerprint density at radius 2 is 2.11 bits per heavy atom. The number of ether oxygens (including phenoxy) is 1. The summed E-state index contributed by atoms with van der Waals surface area (Å²) in [5, 5.41) is 0.0443. The highest BCUT2D eigenvalue weighted by Crippen LogP contribution is 2.23. The second kappa shape index (κ2) is 5.14. The highest BCUT2D eigenvalue weighted by atomic mass is 35.5. The van der Waals surface area contributed by atoms with Crippen LogP contribution in [0.1, 0.15) is 10.4 Å². The monoisotopic (exact) mass is 265 g/mol. The van der Waals surface area contributed by atoms with Gasteiger partial charge in [0.1, 0.15) is 5.82 Å². The van der Waals surface area contributed by atoms with Gasteiger partial charge in [-0.05, 0) is 24.3 Å². The van der Waals surface area contributed by atoms with Crippen LogP contribution < -0.4 is 0 Å². The van der Waals surface area contributed by atoms with Crippen LogP contribution in [-0.4, -0.2) is 18.1 Å². The van der Waals surface area contributed by atoms with Crippen LogP contribution in [0.2, 0.25) is 5.02 Å². The van der Waals surface area contributed by atoms with Gasteiger partial charge >= 0.3 is 5.97 Å². The van der Waals surface area contributed by atoms with Crippen LogP contribution in [-0.2, 0) is 4.74 Å². The second-order valence-corrected chi connectivity index (χ2v) is 3.96. The molecule has 0 atom stereocenters. The van der Waals surface area contributed by atoms with Gasteiger partial charge in [0, 0.05) is 11.8 Å². The fraction of sp³-hybridized carbons (Fsp3) is 0.0769. The molecule has 2 rings (SSSR count). The number of carbonyl (C=O) groups is 1. The molecule has 1 aromatic carbocycles. The lowest BCUT2D eigenvalue weighted by atomic mass is 10.1. The Morgan fingerprint density at radius 1 is 1.33 bits per heavy atom. The molecule has 0 radical (unpaired) electrons. The summed E-state index contributed by atoms with van der Waals surface area (Å²) in [5.74, 6) is -0.993. The molecule has 0 saturated carbocycles. The van der Waals surface area contributed by atoms with Crippen molar-refractivity contribution in [3.05, 3.63) is 52.9 Å². The molecule has 0 fully saturated rings. The minimum absolute atomic E-state index is 0.0443. The molecule has 0 aliphatic heterocycles. The van der Waals surface area contributed by atoms with Gasteiger partial charge in [-0.3, -0.25) is 4.98 Å². The third-order valence-corrected chi connectivity index (χ3v) is 2.70. The number of halogens is 2. The van der Waals surface area contributed by atoms with E-state index in [0.29, 0.717) is 16.8 Å². The largest absolute Gasteiger partial charge is 0.465 e. The Bertz CT molecular complexity index is 601. The predicted molar refractivity (Wildman–Crippen MR) is 66.0 cm³/mol. The number of esters is 1. The zero-order valence-corrected chi connectivity index (χ0v) is 10.2. The highest BCUT2D eigenvalue weighted by Gasteiger charge is 2.09. The van der Waals surface area contributed by atoms with E-state index < -0.39 is 11.8 Å². The summed E-state index contributed by atoms with van der Waals surface area (Å²) < 4.78 is 17.9. The molecule has 0 aliphatic rings. The van der Waals surface area contributed by atoms with Crippen molar-refractivity contribution < 1.29 is 13.9 Å². The van der Waals surface area contributed by atoms with E-state index in [0.717, 1.165) is 0 Å². The van der Waals surface area contributed by atoms with Crippen molar-refractivity contribution in [1.29, 1.82) is 0 Å². The van der Waals surface area contributed by atoms with Crippen LogP contribution in [0.5, 0.6) is 0 Å². The number of aromatic nitrogens is 1. The van der Waals surface area contributed by atoms with Gasteiger partial charge in [-0.25, -0.2) is 9.18 Å². The van der Waals surface area contributed by atoms with Crippen LogP contribution >= 0.6 is 11.6 Å². The molecule has 0 bridgehead atoms. The minimum atomic E-state index is -0.528. The molecule has 3 nitrogen and oxygen atoms in total. The number of hydrogen-bond acceptors (Lipinski definition) is 3. The molecular weight excluding hydrogens is 257 g/mol. The smallest absolute Gasteiger partial charge is 0.337 e. The molecule has 0 unspecified atom stereocenters. The molecule has 2 aromatic rings. The van der Waals surface area contributed by atoms with Gasteiger partial charge in [-0.1, -0.05) is 17.7 Å². The van der Waals surface area contributed by atoms with Crippen molar-refractivity contribution in [2.45, 2.75) is 0 Å². The zero-order chi connectivity index (χ0) is 13.1. The lowest BCUT2D eigenvalue weighted by molar-refractivity contribution is 0.0600. The van der Waals surface area contributed by atoms with Crippen molar-refractivity contribution in [2.75, 3.05) is 7.11 Å². The molecule has 0 spiro atoms. The van der Waals surface area contributed by atoms with E-state index in [1.807, 2.05) is 0 Å². The van der Waals surface area contributed by atoms with Crippen LogP contribution in [0.3, 0.4) is 0 Å². The van der Waals surface area contributed by atoms with Crippen LogP contribution in [0.4, 0.5) is 4.39 Å². The first-order valence-corrected chi connectivity index (χ1v) is 5.49. The van der Waals surface area contributed by atoms with Gasteiger partial charge in [-0.15, -0.1) is 0 Å². The maximum Gasteiger partial charge on any atom is 0.337 e. The summed E-state index contributed by atoms with van der Waals surface area (Å²) in [6, 6.07) is 7.41. The Kier molecular flexibility index (Phi) is 3.58.